The van der Waals surface area contributed by atoms with E-state index in [1.807, 2.05) is 30.3 Å². The number of halogens is 2. The number of benzene rings is 2. The molecular weight excluding hydrogens is 487 g/mol. The summed E-state index contributed by atoms with van der Waals surface area (Å²) in [6.45, 7) is 2.29. The fourth-order valence-corrected chi connectivity index (χ4v) is 4.17. The monoisotopic (exact) mass is 512 g/mol. The first-order chi connectivity index (χ1) is 16.7. The summed E-state index contributed by atoms with van der Waals surface area (Å²) in [6, 6.07) is 13.2. The van der Waals surface area contributed by atoms with Crippen LogP contribution in [0.4, 0.5) is 11.5 Å². The summed E-state index contributed by atoms with van der Waals surface area (Å²) < 4.78 is 12.2. The van der Waals surface area contributed by atoms with Crippen molar-refractivity contribution in [3.8, 4) is 11.5 Å². The third-order valence-corrected chi connectivity index (χ3v) is 6.05. The molecule has 0 amide bonds. The standard InChI is InChI=1S/C25H25ClN6O2.ClH/c1-32-12-8-18(9-13-32)34-22-5-2-4-20-24(22)25(30-16-29-20)31-17-6-7-21(19(26)14-17)33-15-23-27-10-3-11-28-23;/h2-7,10-11,14,16,18H,8-9,12-13,15H2,1H3,(H,29,30,31);1H. The Morgan fingerprint density at radius 2 is 1.80 bits per heavy atom. The van der Waals surface area contributed by atoms with Gasteiger partial charge in [-0.2, -0.15) is 0 Å². The molecule has 0 unspecified atom stereocenters. The molecule has 5 rings (SSSR count). The Kier molecular flexibility index (Phi) is 8.17. The van der Waals surface area contributed by atoms with Gasteiger partial charge in [0.15, 0.2) is 5.82 Å². The largest absolute Gasteiger partial charge is 0.489 e. The van der Waals surface area contributed by atoms with E-state index in [1.54, 1.807) is 30.9 Å². The Morgan fingerprint density at radius 1 is 1.00 bits per heavy atom. The van der Waals surface area contributed by atoms with Gasteiger partial charge in [-0.25, -0.2) is 19.9 Å². The van der Waals surface area contributed by atoms with Gasteiger partial charge in [0.25, 0.3) is 0 Å². The number of hydrogen-bond acceptors (Lipinski definition) is 8. The molecule has 0 saturated carbocycles. The molecule has 182 valence electrons. The summed E-state index contributed by atoms with van der Waals surface area (Å²) in [6.07, 6.45) is 7.06. The van der Waals surface area contributed by atoms with Crippen LogP contribution in [-0.2, 0) is 6.61 Å². The van der Waals surface area contributed by atoms with Gasteiger partial charge in [-0.3, -0.25) is 0 Å². The molecule has 3 heterocycles. The zero-order chi connectivity index (χ0) is 23.3. The highest BCUT2D eigenvalue weighted by Crippen LogP contribution is 2.35. The summed E-state index contributed by atoms with van der Waals surface area (Å²) in [7, 11) is 2.14. The molecule has 1 aliphatic rings. The zero-order valence-electron chi connectivity index (χ0n) is 19.2. The van der Waals surface area contributed by atoms with Crippen LogP contribution >= 0.6 is 24.0 Å². The number of ether oxygens (including phenoxy) is 2. The van der Waals surface area contributed by atoms with Gasteiger partial charge in [0.2, 0.25) is 0 Å². The van der Waals surface area contributed by atoms with Gasteiger partial charge in [0.05, 0.1) is 15.9 Å². The van der Waals surface area contributed by atoms with Crippen LogP contribution in [0.2, 0.25) is 5.02 Å². The molecule has 0 aliphatic carbocycles. The molecule has 10 heteroatoms. The van der Waals surface area contributed by atoms with Crippen molar-refractivity contribution in [2.45, 2.75) is 25.6 Å². The maximum atomic E-state index is 6.48. The minimum Gasteiger partial charge on any atom is -0.489 e. The van der Waals surface area contributed by atoms with E-state index in [9.17, 15) is 0 Å². The van der Waals surface area contributed by atoms with Gasteiger partial charge in [-0.05, 0) is 56.3 Å². The van der Waals surface area contributed by atoms with E-state index in [1.165, 1.54) is 0 Å². The van der Waals surface area contributed by atoms with Crippen LogP contribution in [0, 0.1) is 0 Å². The third kappa shape index (κ3) is 6.08. The SMILES string of the molecule is CN1CCC(Oc2cccc3ncnc(Nc4ccc(OCc5ncccn5)c(Cl)c4)c23)CC1.Cl. The molecule has 2 aromatic carbocycles. The van der Waals surface area contributed by atoms with Gasteiger partial charge < -0.3 is 19.7 Å². The van der Waals surface area contributed by atoms with Gasteiger partial charge in [-0.15, -0.1) is 12.4 Å². The lowest BCUT2D eigenvalue weighted by molar-refractivity contribution is 0.116. The average Bonchev–Trinajstić information content (AvgIpc) is 2.86. The van der Waals surface area contributed by atoms with Crippen molar-refractivity contribution in [1.29, 1.82) is 0 Å². The highest BCUT2D eigenvalue weighted by Gasteiger charge is 2.20. The number of anilines is 2. The number of nitrogens with one attached hydrogen (secondary N) is 1. The lowest BCUT2D eigenvalue weighted by Crippen LogP contribution is -2.35. The molecule has 1 saturated heterocycles. The number of nitrogens with zero attached hydrogens (tertiary/aromatic N) is 5. The van der Waals surface area contributed by atoms with Crippen molar-refractivity contribution < 1.29 is 9.47 Å². The van der Waals surface area contributed by atoms with Gasteiger partial charge in [0, 0.05) is 31.2 Å². The van der Waals surface area contributed by atoms with E-state index in [2.05, 4.69) is 37.2 Å². The number of rotatable bonds is 7. The highest BCUT2D eigenvalue weighted by atomic mass is 35.5. The van der Waals surface area contributed by atoms with Crippen molar-refractivity contribution in [2.75, 3.05) is 25.5 Å². The number of aromatic nitrogens is 4. The van der Waals surface area contributed by atoms with Crippen molar-refractivity contribution in [2.24, 2.45) is 0 Å². The second kappa shape index (κ2) is 11.5. The fraction of sp³-hybridized carbons (Fsp3) is 0.280. The molecular formula is C25H26Cl2N6O2. The second-order valence-corrected chi connectivity index (χ2v) is 8.62. The molecule has 0 atom stereocenters. The number of likely N-dealkylation sites (tertiary alicyclic amines) is 1. The molecule has 2 aromatic heterocycles. The summed E-state index contributed by atoms with van der Waals surface area (Å²) in [4.78, 5) is 19.6. The number of hydrogen-bond donors (Lipinski definition) is 1. The molecule has 0 spiro atoms. The van der Waals surface area contributed by atoms with E-state index < -0.39 is 0 Å². The van der Waals surface area contributed by atoms with Crippen molar-refractivity contribution in [3.05, 3.63) is 72.0 Å². The van der Waals surface area contributed by atoms with E-state index in [4.69, 9.17) is 21.1 Å². The van der Waals surface area contributed by atoms with Crippen molar-refractivity contribution in [1.82, 2.24) is 24.8 Å². The Balaban J connectivity index is 0.00000289. The molecule has 1 aliphatic heterocycles. The topological polar surface area (TPSA) is 85.3 Å². The van der Waals surface area contributed by atoms with E-state index in [0.29, 0.717) is 22.4 Å². The molecule has 4 aromatic rings. The Morgan fingerprint density at radius 3 is 2.57 bits per heavy atom. The van der Waals surface area contributed by atoms with E-state index >= 15 is 0 Å². The van der Waals surface area contributed by atoms with Crippen LogP contribution in [0.1, 0.15) is 18.7 Å². The van der Waals surface area contributed by atoms with Gasteiger partial charge in [0.1, 0.15) is 36.4 Å². The minimum atomic E-state index is 0. The number of fused-ring (bicyclic) bond motifs is 1. The molecule has 8 nitrogen and oxygen atoms in total. The van der Waals surface area contributed by atoms with Crippen molar-refractivity contribution in [3.63, 3.8) is 0 Å². The normalized spacial score (nSPS) is 14.3. The lowest BCUT2D eigenvalue weighted by Gasteiger charge is -2.29. The Hall–Kier alpha value is -3.20. The summed E-state index contributed by atoms with van der Waals surface area (Å²) >= 11 is 6.48. The van der Waals surface area contributed by atoms with Crippen LogP contribution in [0.5, 0.6) is 11.5 Å². The molecule has 1 fully saturated rings. The summed E-state index contributed by atoms with van der Waals surface area (Å²) in [5.41, 5.74) is 1.60. The highest BCUT2D eigenvalue weighted by molar-refractivity contribution is 6.32. The smallest absolute Gasteiger partial charge is 0.166 e. The molecule has 1 N–H and O–H groups in total. The lowest BCUT2D eigenvalue weighted by atomic mass is 10.1. The summed E-state index contributed by atoms with van der Waals surface area (Å²) in [5, 5.41) is 4.69. The minimum absolute atomic E-state index is 0. The first-order valence-corrected chi connectivity index (χ1v) is 11.6. The van der Waals surface area contributed by atoms with Crippen LogP contribution < -0.4 is 14.8 Å². The fourth-order valence-electron chi connectivity index (χ4n) is 3.93. The van der Waals surface area contributed by atoms with Crippen LogP contribution in [0.25, 0.3) is 10.9 Å². The van der Waals surface area contributed by atoms with Crippen LogP contribution in [0.15, 0.2) is 61.2 Å². The molecule has 35 heavy (non-hydrogen) atoms. The Labute approximate surface area is 215 Å². The molecule has 0 radical (unpaired) electrons. The predicted octanol–water partition coefficient (Wildman–Crippen LogP) is 5.29. The van der Waals surface area contributed by atoms with Crippen molar-refractivity contribution >= 4 is 46.4 Å². The van der Waals surface area contributed by atoms with E-state index in [-0.39, 0.29) is 25.1 Å². The third-order valence-electron chi connectivity index (χ3n) is 5.75. The summed E-state index contributed by atoms with van der Waals surface area (Å²) in [5.74, 6) is 2.59. The quantitative estimate of drug-likeness (QED) is 0.357. The van der Waals surface area contributed by atoms with E-state index in [0.717, 1.165) is 48.3 Å². The Bertz CT molecular complexity index is 1260. The maximum absolute atomic E-state index is 6.48. The first-order valence-electron chi connectivity index (χ1n) is 11.2. The number of piperidine rings is 1. The molecule has 0 bridgehead atoms. The first kappa shape index (κ1) is 24.9. The predicted molar refractivity (Wildman–Crippen MR) is 139 cm³/mol. The maximum Gasteiger partial charge on any atom is 0.166 e. The van der Waals surface area contributed by atoms with Crippen LogP contribution in [-0.4, -0.2) is 51.1 Å². The van der Waals surface area contributed by atoms with Gasteiger partial charge in [-0.1, -0.05) is 17.7 Å². The average molecular weight is 513 g/mol. The van der Waals surface area contributed by atoms with Gasteiger partial charge >= 0.3 is 0 Å². The second-order valence-electron chi connectivity index (χ2n) is 8.22. The van der Waals surface area contributed by atoms with Crippen LogP contribution in [0.3, 0.4) is 0 Å². The zero-order valence-corrected chi connectivity index (χ0v) is 20.8.